The minimum atomic E-state index is -4.35. The van der Waals surface area contributed by atoms with E-state index in [0.29, 0.717) is 5.39 Å². The van der Waals surface area contributed by atoms with Gasteiger partial charge in [-0.3, -0.25) is 25.0 Å². The molecule has 38 heavy (non-hydrogen) atoms. The van der Waals surface area contributed by atoms with Crippen molar-refractivity contribution in [3.63, 3.8) is 0 Å². The second kappa shape index (κ2) is 8.01. The van der Waals surface area contributed by atoms with Gasteiger partial charge in [0.2, 0.25) is 15.2 Å². The molecule has 6 rings (SSSR count). The molecule has 3 fully saturated rings. The Morgan fingerprint density at radius 2 is 1.61 bits per heavy atom. The number of non-ortho nitro benzene ring substituents is 1. The van der Waals surface area contributed by atoms with Crippen LogP contribution in [-0.2, 0) is 14.6 Å². The Morgan fingerprint density at radius 1 is 0.921 bits per heavy atom. The van der Waals surface area contributed by atoms with Crippen molar-refractivity contribution in [3.8, 4) is 0 Å². The molecule has 15 heteroatoms. The lowest BCUT2D eigenvalue weighted by Gasteiger charge is -2.33. The Bertz CT molecular complexity index is 1730. The fourth-order valence-electron chi connectivity index (χ4n) is 5.85. The maximum absolute atomic E-state index is 14.1. The number of rotatable bonds is 5. The quantitative estimate of drug-likeness (QED) is 0.198. The molecule has 3 heterocycles. The molecular formula is C23H17ClN5O8S+. The van der Waals surface area contributed by atoms with Gasteiger partial charge in [0.25, 0.3) is 17.3 Å². The van der Waals surface area contributed by atoms with Gasteiger partial charge in [-0.25, -0.2) is 18.1 Å². The van der Waals surface area contributed by atoms with Gasteiger partial charge in [0, 0.05) is 17.5 Å². The third kappa shape index (κ3) is 3.08. The summed E-state index contributed by atoms with van der Waals surface area (Å²) in [6.07, 6.45) is 0. The Kier molecular flexibility index (Phi) is 5.13. The first kappa shape index (κ1) is 24.4. The summed E-state index contributed by atoms with van der Waals surface area (Å²) in [7, 11) is -4.35. The zero-order chi connectivity index (χ0) is 27.1. The number of urea groups is 1. The molecule has 0 radical (unpaired) electrons. The van der Waals surface area contributed by atoms with Crippen molar-refractivity contribution in [3.05, 3.63) is 79.8 Å². The predicted octanol–water partition coefficient (Wildman–Crippen LogP) is 3.05. The van der Waals surface area contributed by atoms with Gasteiger partial charge in [-0.1, -0.05) is 29.8 Å². The van der Waals surface area contributed by atoms with Gasteiger partial charge >= 0.3 is 6.03 Å². The minimum absolute atomic E-state index is 0.0315. The summed E-state index contributed by atoms with van der Waals surface area (Å²) >= 11 is 5.86. The van der Waals surface area contributed by atoms with Gasteiger partial charge in [0.15, 0.2) is 6.04 Å². The van der Waals surface area contributed by atoms with Crippen LogP contribution in [0.1, 0.15) is 0 Å². The van der Waals surface area contributed by atoms with Crippen molar-refractivity contribution in [2.45, 2.75) is 16.3 Å². The number of nitro groups is 2. The second-order valence-electron chi connectivity index (χ2n) is 9.36. The van der Waals surface area contributed by atoms with Gasteiger partial charge in [0.1, 0.15) is 11.7 Å². The number of halogens is 1. The first-order valence-electron chi connectivity index (χ1n) is 11.3. The van der Waals surface area contributed by atoms with E-state index in [1.165, 1.54) is 18.2 Å². The number of imide groups is 1. The van der Waals surface area contributed by atoms with Crippen molar-refractivity contribution in [2.75, 3.05) is 24.7 Å². The fraction of sp³-hybridized carbons (Fsp3) is 0.217. The van der Waals surface area contributed by atoms with E-state index >= 15 is 0 Å². The molecule has 13 nitrogen and oxygen atoms in total. The summed E-state index contributed by atoms with van der Waals surface area (Å²) < 4.78 is 26.9. The number of fused-ring (bicyclic) bond motifs is 2. The third-order valence-corrected chi connectivity index (χ3v) is 9.99. The fourth-order valence-corrected chi connectivity index (χ4v) is 8.09. The minimum Gasteiger partial charge on any atom is -0.267 e. The molecule has 0 N–H and O–H groups in total. The van der Waals surface area contributed by atoms with Crippen LogP contribution in [-0.4, -0.2) is 70.8 Å². The van der Waals surface area contributed by atoms with Crippen LogP contribution >= 0.6 is 11.6 Å². The number of hydrogen-bond acceptors (Lipinski definition) is 9. The standard InChI is InChI=1S/C23H17ClN5O8S/c24-16-6-5-13(9-19(16)28(34)35)38(36,37)21-11-25-10-20-22(30)26(23(31)29(20,21)12-25)17-7-8-18(27(32)33)15-4-2-1-3-14(15)17/h1-9,20-21H,10-12H2/q+1. The Morgan fingerprint density at radius 3 is 2.29 bits per heavy atom. The lowest BCUT2D eigenvalue weighted by Crippen LogP contribution is -2.62. The van der Waals surface area contributed by atoms with E-state index in [-0.39, 0.29) is 46.4 Å². The van der Waals surface area contributed by atoms with Crippen molar-refractivity contribution in [1.29, 1.82) is 0 Å². The number of quaternary nitrogens is 1. The molecule has 3 saturated heterocycles. The summed E-state index contributed by atoms with van der Waals surface area (Å²) in [5, 5.41) is 21.8. The molecule has 0 saturated carbocycles. The normalized spacial score (nSPS) is 26.2. The average Bonchev–Trinajstić information content (AvgIpc) is 3.52. The van der Waals surface area contributed by atoms with Gasteiger partial charge < -0.3 is 0 Å². The molecule has 1 spiro atoms. The third-order valence-electron chi connectivity index (χ3n) is 7.52. The number of hydrogen-bond donors (Lipinski definition) is 0. The van der Waals surface area contributed by atoms with Crippen LogP contribution in [0.15, 0.2) is 59.5 Å². The number of anilines is 1. The Balaban J connectivity index is 1.48. The molecule has 4 unspecified atom stereocenters. The number of piperazine rings is 1. The SMILES string of the molecule is O=C1C2CN3CC(S(=O)(=O)c4ccc(Cl)c([N+](=O)[O-])c4)[N+]2(C3)C(=O)N1c1ccc([N+](=O)[O-])c2ccccc12. The molecule has 3 aromatic carbocycles. The van der Waals surface area contributed by atoms with Gasteiger partial charge in [-0.15, -0.1) is 0 Å². The van der Waals surface area contributed by atoms with E-state index in [0.717, 1.165) is 23.1 Å². The smallest absolute Gasteiger partial charge is 0.267 e. The van der Waals surface area contributed by atoms with E-state index in [2.05, 4.69) is 0 Å². The lowest BCUT2D eigenvalue weighted by molar-refractivity contribution is -0.848. The van der Waals surface area contributed by atoms with E-state index in [4.69, 9.17) is 11.6 Å². The zero-order valence-corrected chi connectivity index (χ0v) is 20.8. The zero-order valence-electron chi connectivity index (χ0n) is 19.3. The molecule has 0 aliphatic carbocycles. The molecule has 4 atom stereocenters. The molecule has 3 aliphatic heterocycles. The number of nitrogens with zero attached hydrogens (tertiary/aromatic N) is 5. The van der Waals surface area contributed by atoms with E-state index in [9.17, 15) is 38.2 Å². The number of nitro benzene ring substituents is 2. The van der Waals surface area contributed by atoms with Crippen LogP contribution in [0, 0.1) is 20.2 Å². The molecular weight excluding hydrogens is 542 g/mol. The first-order valence-corrected chi connectivity index (χ1v) is 13.2. The highest BCUT2D eigenvalue weighted by molar-refractivity contribution is 7.92. The van der Waals surface area contributed by atoms with Crippen molar-refractivity contribution < 1.29 is 32.3 Å². The van der Waals surface area contributed by atoms with Gasteiger partial charge in [-0.2, -0.15) is 9.38 Å². The Hall–Kier alpha value is -3.98. The number of benzene rings is 3. The number of carbonyl (C=O) groups excluding carboxylic acids is 2. The maximum Gasteiger partial charge on any atom is 0.433 e. The van der Waals surface area contributed by atoms with Crippen LogP contribution in [0.3, 0.4) is 0 Å². The van der Waals surface area contributed by atoms with Gasteiger partial charge in [0.05, 0.1) is 38.9 Å². The topological polar surface area (TPSA) is 161 Å². The number of amides is 3. The van der Waals surface area contributed by atoms with Crippen molar-refractivity contribution in [1.82, 2.24) is 4.90 Å². The summed E-state index contributed by atoms with van der Waals surface area (Å²) in [5.41, 5.74) is -0.668. The van der Waals surface area contributed by atoms with Crippen LogP contribution in [0.2, 0.25) is 5.02 Å². The lowest BCUT2D eigenvalue weighted by atomic mass is 10.1. The summed E-state index contributed by atoms with van der Waals surface area (Å²) in [6, 6.07) is 10.1. The van der Waals surface area contributed by atoms with E-state index in [1.807, 2.05) is 0 Å². The molecule has 3 amide bonds. The number of carbonyl (C=O) groups is 2. The van der Waals surface area contributed by atoms with E-state index in [1.54, 1.807) is 23.1 Å². The second-order valence-corrected chi connectivity index (χ2v) is 11.9. The van der Waals surface area contributed by atoms with Crippen molar-refractivity contribution in [2.24, 2.45) is 0 Å². The summed E-state index contributed by atoms with van der Waals surface area (Å²) in [5.74, 6) is -0.613. The first-order chi connectivity index (χ1) is 18.0. The molecule has 3 aliphatic rings. The monoisotopic (exact) mass is 558 g/mol. The molecule has 2 bridgehead atoms. The largest absolute Gasteiger partial charge is 0.433 e. The molecule has 194 valence electrons. The average molecular weight is 559 g/mol. The molecule has 0 aromatic heterocycles. The van der Waals surface area contributed by atoms with Crippen LogP contribution in [0.25, 0.3) is 10.8 Å². The number of sulfone groups is 1. The van der Waals surface area contributed by atoms with Crippen LogP contribution in [0.4, 0.5) is 21.9 Å². The predicted molar refractivity (Wildman–Crippen MR) is 133 cm³/mol. The summed E-state index contributed by atoms with van der Waals surface area (Å²) in [4.78, 5) is 51.6. The highest BCUT2D eigenvalue weighted by atomic mass is 35.5. The Labute approximate surface area is 219 Å². The van der Waals surface area contributed by atoms with Gasteiger partial charge in [-0.05, 0) is 24.3 Å². The highest BCUT2D eigenvalue weighted by Gasteiger charge is 2.75. The molecule has 3 aromatic rings. The van der Waals surface area contributed by atoms with Crippen LogP contribution < -0.4 is 4.90 Å². The van der Waals surface area contributed by atoms with Crippen molar-refractivity contribution >= 4 is 61.2 Å². The highest BCUT2D eigenvalue weighted by Crippen LogP contribution is 2.48. The maximum atomic E-state index is 14.1. The summed E-state index contributed by atoms with van der Waals surface area (Å²) in [6.45, 7) is 0.0676. The van der Waals surface area contributed by atoms with E-state index < -0.39 is 53.2 Å². The van der Waals surface area contributed by atoms with Crippen LogP contribution in [0.5, 0.6) is 0 Å².